The van der Waals surface area contributed by atoms with E-state index in [9.17, 15) is 4.79 Å². The van der Waals surface area contributed by atoms with E-state index in [1.54, 1.807) is 12.4 Å². The van der Waals surface area contributed by atoms with Crippen LogP contribution in [0.2, 0.25) is 0 Å². The molecule has 0 radical (unpaired) electrons. The SMILES string of the molecule is CC1Cc2ccccc2N1c1ncc(C(=O)N2CCC3(CC2)OCCO3)cn1. The number of piperidine rings is 1. The number of amides is 1. The van der Waals surface area contributed by atoms with Crippen molar-refractivity contribution in [3.8, 4) is 0 Å². The van der Waals surface area contributed by atoms with Crippen molar-refractivity contribution in [1.29, 1.82) is 0 Å². The quantitative estimate of drug-likeness (QED) is 0.798. The predicted molar refractivity (Wildman–Crippen MR) is 104 cm³/mol. The third-order valence-electron chi connectivity index (χ3n) is 5.93. The Hall–Kier alpha value is -2.51. The number of rotatable bonds is 2. The minimum Gasteiger partial charge on any atom is -0.347 e. The van der Waals surface area contributed by atoms with Gasteiger partial charge in [0.2, 0.25) is 5.95 Å². The van der Waals surface area contributed by atoms with E-state index < -0.39 is 5.79 Å². The summed E-state index contributed by atoms with van der Waals surface area (Å²) in [7, 11) is 0. The summed E-state index contributed by atoms with van der Waals surface area (Å²) in [4.78, 5) is 25.9. The number of nitrogens with zero attached hydrogens (tertiary/aromatic N) is 4. The van der Waals surface area contributed by atoms with E-state index >= 15 is 0 Å². The van der Waals surface area contributed by atoms with Crippen molar-refractivity contribution in [3.05, 3.63) is 47.8 Å². The van der Waals surface area contributed by atoms with Crippen molar-refractivity contribution in [2.45, 2.75) is 38.0 Å². The largest absolute Gasteiger partial charge is 0.347 e. The number of para-hydroxylation sites is 1. The molecule has 0 saturated carbocycles. The van der Waals surface area contributed by atoms with Gasteiger partial charge in [-0.2, -0.15) is 0 Å². The molecule has 1 unspecified atom stereocenters. The summed E-state index contributed by atoms with van der Waals surface area (Å²) in [5, 5.41) is 0. The third kappa shape index (κ3) is 2.95. The third-order valence-corrected chi connectivity index (χ3v) is 5.93. The Bertz CT molecular complexity index is 869. The van der Waals surface area contributed by atoms with E-state index in [2.05, 4.69) is 40.0 Å². The van der Waals surface area contributed by atoms with Crippen molar-refractivity contribution in [2.24, 2.45) is 0 Å². The van der Waals surface area contributed by atoms with Crippen LogP contribution in [0.15, 0.2) is 36.7 Å². The minimum absolute atomic E-state index is 0.0331. The first kappa shape index (κ1) is 17.6. The molecule has 5 rings (SSSR count). The molecular weight excluding hydrogens is 356 g/mol. The Balaban J connectivity index is 1.30. The second-order valence-electron chi connectivity index (χ2n) is 7.72. The average molecular weight is 380 g/mol. The summed E-state index contributed by atoms with van der Waals surface area (Å²) in [6.07, 6.45) is 5.68. The van der Waals surface area contributed by atoms with Crippen LogP contribution in [0.4, 0.5) is 11.6 Å². The van der Waals surface area contributed by atoms with Gasteiger partial charge < -0.3 is 19.3 Å². The van der Waals surface area contributed by atoms with Crippen LogP contribution in [-0.4, -0.2) is 58.9 Å². The molecule has 0 N–H and O–H groups in total. The highest BCUT2D eigenvalue weighted by atomic mass is 16.7. The van der Waals surface area contributed by atoms with E-state index in [0.717, 1.165) is 12.1 Å². The lowest BCUT2D eigenvalue weighted by atomic mass is 10.0. The number of fused-ring (bicyclic) bond motifs is 1. The van der Waals surface area contributed by atoms with E-state index in [1.165, 1.54) is 5.56 Å². The number of anilines is 2. The number of likely N-dealkylation sites (tertiary alicyclic amines) is 1. The Morgan fingerprint density at radius 1 is 1.11 bits per heavy atom. The molecule has 1 atom stereocenters. The first-order valence-electron chi connectivity index (χ1n) is 9.92. The highest BCUT2D eigenvalue weighted by Gasteiger charge is 2.41. The predicted octanol–water partition coefficient (Wildman–Crippen LogP) is 2.54. The van der Waals surface area contributed by atoms with Crippen LogP contribution >= 0.6 is 0 Å². The zero-order chi connectivity index (χ0) is 19.1. The maximum atomic E-state index is 12.8. The van der Waals surface area contributed by atoms with Crippen LogP contribution in [0.25, 0.3) is 0 Å². The number of ether oxygens (including phenoxy) is 2. The van der Waals surface area contributed by atoms with Gasteiger partial charge in [0.25, 0.3) is 5.91 Å². The van der Waals surface area contributed by atoms with Crippen LogP contribution in [0.3, 0.4) is 0 Å². The molecule has 28 heavy (non-hydrogen) atoms. The molecule has 7 nitrogen and oxygen atoms in total. The second-order valence-corrected chi connectivity index (χ2v) is 7.72. The topological polar surface area (TPSA) is 67.8 Å². The van der Waals surface area contributed by atoms with Gasteiger partial charge >= 0.3 is 0 Å². The van der Waals surface area contributed by atoms with Crippen LogP contribution in [0.1, 0.15) is 35.7 Å². The van der Waals surface area contributed by atoms with Gasteiger partial charge in [-0.3, -0.25) is 4.79 Å². The summed E-state index contributed by atoms with van der Waals surface area (Å²) in [5.41, 5.74) is 2.97. The van der Waals surface area contributed by atoms with Crippen LogP contribution in [0, 0.1) is 0 Å². The summed E-state index contributed by atoms with van der Waals surface area (Å²) < 4.78 is 11.5. The van der Waals surface area contributed by atoms with Gasteiger partial charge in [-0.1, -0.05) is 18.2 Å². The zero-order valence-corrected chi connectivity index (χ0v) is 16.0. The maximum Gasteiger partial charge on any atom is 0.256 e. The second kappa shape index (κ2) is 6.83. The highest BCUT2D eigenvalue weighted by Crippen LogP contribution is 2.36. The van der Waals surface area contributed by atoms with Crippen molar-refractivity contribution < 1.29 is 14.3 Å². The number of aromatic nitrogens is 2. The van der Waals surface area contributed by atoms with Crippen molar-refractivity contribution >= 4 is 17.5 Å². The smallest absolute Gasteiger partial charge is 0.256 e. The molecule has 4 heterocycles. The van der Waals surface area contributed by atoms with E-state index in [1.807, 2.05) is 11.0 Å². The summed E-state index contributed by atoms with van der Waals surface area (Å²) in [5.74, 6) is 0.129. The standard InChI is InChI=1S/C21H24N4O3/c1-15-12-16-4-2-3-5-18(16)25(15)20-22-13-17(14-23-20)19(26)24-8-6-21(7-9-24)27-10-11-28-21/h2-5,13-15H,6-12H2,1H3. The molecule has 7 heteroatoms. The summed E-state index contributed by atoms with van der Waals surface area (Å²) in [6, 6.07) is 8.62. The van der Waals surface area contributed by atoms with E-state index in [4.69, 9.17) is 9.47 Å². The van der Waals surface area contributed by atoms with Gasteiger partial charge in [0, 0.05) is 50.1 Å². The monoisotopic (exact) mass is 380 g/mol. The molecule has 2 saturated heterocycles. The fourth-order valence-corrected chi connectivity index (χ4v) is 4.45. The number of carbonyl (C=O) groups is 1. The molecule has 3 aliphatic rings. The maximum absolute atomic E-state index is 12.8. The Kier molecular flexibility index (Phi) is 4.29. The number of carbonyl (C=O) groups excluding carboxylic acids is 1. The Morgan fingerprint density at radius 3 is 2.50 bits per heavy atom. The lowest BCUT2D eigenvalue weighted by molar-refractivity contribution is -0.181. The lowest BCUT2D eigenvalue weighted by Crippen LogP contribution is -2.47. The molecule has 1 amide bonds. The zero-order valence-electron chi connectivity index (χ0n) is 16.0. The minimum atomic E-state index is -0.476. The van der Waals surface area contributed by atoms with Crippen molar-refractivity contribution in [2.75, 3.05) is 31.2 Å². The first-order valence-corrected chi connectivity index (χ1v) is 9.92. The summed E-state index contributed by atoms with van der Waals surface area (Å²) >= 11 is 0. The van der Waals surface area contributed by atoms with Gasteiger partial charge in [-0.25, -0.2) is 9.97 Å². The number of hydrogen-bond donors (Lipinski definition) is 0. The molecule has 2 fully saturated rings. The van der Waals surface area contributed by atoms with Gasteiger partial charge in [0.15, 0.2) is 5.79 Å². The van der Waals surface area contributed by atoms with E-state index in [-0.39, 0.29) is 5.91 Å². The average Bonchev–Trinajstić information content (AvgIpc) is 3.32. The van der Waals surface area contributed by atoms with Crippen LogP contribution < -0.4 is 4.90 Å². The number of benzene rings is 1. The molecule has 0 aliphatic carbocycles. The van der Waals surface area contributed by atoms with Gasteiger partial charge in [-0.15, -0.1) is 0 Å². The summed E-state index contributed by atoms with van der Waals surface area (Å²) in [6.45, 7) is 4.69. The lowest BCUT2D eigenvalue weighted by Gasteiger charge is -2.37. The highest BCUT2D eigenvalue weighted by molar-refractivity contribution is 5.93. The molecule has 1 aromatic carbocycles. The first-order chi connectivity index (χ1) is 13.7. The fourth-order valence-electron chi connectivity index (χ4n) is 4.45. The molecular formula is C21H24N4O3. The van der Waals surface area contributed by atoms with Gasteiger partial charge in [-0.05, 0) is 25.0 Å². The molecule has 0 bridgehead atoms. The van der Waals surface area contributed by atoms with Gasteiger partial charge in [0.1, 0.15) is 0 Å². The van der Waals surface area contributed by atoms with Crippen molar-refractivity contribution in [3.63, 3.8) is 0 Å². The number of hydrogen-bond acceptors (Lipinski definition) is 6. The van der Waals surface area contributed by atoms with Gasteiger partial charge in [0.05, 0.1) is 18.8 Å². The van der Waals surface area contributed by atoms with Crippen LogP contribution in [0.5, 0.6) is 0 Å². The van der Waals surface area contributed by atoms with Crippen molar-refractivity contribution in [1.82, 2.24) is 14.9 Å². The molecule has 2 aromatic rings. The molecule has 1 spiro atoms. The molecule has 3 aliphatic heterocycles. The molecule has 146 valence electrons. The fraction of sp³-hybridized carbons (Fsp3) is 0.476. The van der Waals surface area contributed by atoms with E-state index in [0.29, 0.717) is 56.7 Å². The molecule has 1 aromatic heterocycles. The normalized spacial score (nSPS) is 23.2. The Labute approximate surface area is 164 Å². The Morgan fingerprint density at radius 2 is 1.79 bits per heavy atom. The van der Waals surface area contributed by atoms with Crippen LogP contribution in [-0.2, 0) is 15.9 Å².